The second-order valence-corrected chi connectivity index (χ2v) is 9.70. The standard InChI is InChI=1S/C26H28N4O3S/c31-24(28-26-27-17-21(34-26)10-6-12-29-13-15-33-16-14-29)23(19-7-2-1-3-8-19)30-18-20-9-4-5-11-22(20)25(30)32/h1-5,7-9,11,17,23H,6,10,12-16,18H2,(H,27,28,31). The summed E-state index contributed by atoms with van der Waals surface area (Å²) in [7, 11) is 0. The van der Waals surface area contributed by atoms with Gasteiger partial charge in [0.05, 0.1) is 13.2 Å². The zero-order valence-corrected chi connectivity index (χ0v) is 19.8. The normalized spacial score (nSPS) is 16.9. The molecule has 1 fully saturated rings. The maximum atomic E-state index is 13.5. The van der Waals surface area contributed by atoms with E-state index >= 15 is 0 Å². The quantitative estimate of drug-likeness (QED) is 0.536. The molecule has 2 amide bonds. The van der Waals surface area contributed by atoms with Crippen LogP contribution in [0.3, 0.4) is 0 Å². The average Bonchev–Trinajstić information content (AvgIpc) is 3.45. The second kappa shape index (κ2) is 10.5. The first-order valence-electron chi connectivity index (χ1n) is 11.7. The molecule has 1 aromatic heterocycles. The van der Waals surface area contributed by atoms with Crippen LogP contribution in [0.5, 0.6) is 0 Å². The summed E-state index contributed by atoms with van der Waals surface area (Å²) < 4.78 is 5.40. The van der Waals surface area contributed by atoms with E-state index in [1.54, 1.807) is 4.90 Å². The molecule has 0 spiro atoms. The van der Waals surface area contributed by atoms with Crippen LogP contribution in [-0.4, -0.2) is 59.4 Å². The Morgan fingerprint density at radius 3 is 2.65 bits per heavy atom. The van der Waals surface area contributed by atoms with Gasteiger partial charge in [-0.2, -0.15) is 0 Å². The van der Waals surface area contributed by atoms with Gasteiger partial charge in [0.25, 0.3) is 11.8 Å². The molecular formula is C26H28N4O3S. The number of morpholine rings is 1. The number of benzene rings is 2. The van der Waals surface area contributed by atoms with Gasteiger partial charge in [-0.05, 0) is 36.6 Å². The molecule has 1 saturated heterocycles. The molecule has 7 nitrogen and oxygen atoms in total. The predicted octanol–water partition coefficient (Wildman–Crippen LogP) is 3.74. The molecule has 1 N–H and O–H groups in total. The number of nitrogens with zero attached hydrogens (tertiary/aromatic N) is 3. The van der Waals surface area contributed by atoms with Crippen LogP contribution in [0.1, 0.15) is 38.8 Å². The van der Waals surface area contributed by atoms with Crippen molar-refractivity contribution in [2.45, 2.75) is 25.4 Å². The molecule has 1 atom stereocenters. The lowest BCUT2D eigenvalue weighted by Crippen LogP contribution is -2.37. The second-order valence-electron chi connectivity index (χ2n) is 8.58. The Balaban J connectivity index is 1.26. The van der Waals surface area contributed by atoms with Gasteiger partial charge in [-0.3, -0.25) is 19.8 Å². The van der Waals surface area contributed by atoms with Crippen LogP contribution in [-0.2, 0) is 22.5 Å². The number of nitrogens with one attached hydrogen (secondary N) is 1. The van der Waals surface area contributed by atoms with Crippen molar-refractivity contribution in [2.24, 2.45) is 0 Å². The molecule has 0 bridgehead atoms. The lowest BCUT2D eigenvalue weighted by molar-refractivity contribution is -0.120. The van der Waals surface area contributed by atoms with Gasteiger partial charge in [0.1, 0.15) is 6.04 Å². The Morgan fingerprint density at radius 2 is 1.85 bits per heavy atom. The number of aryl methyl sites for hydroxylation is 1. The molecule has 5 rings (SSSR count). The molecule has 34 heavy (non-hydrogen) atoms. The third-order valence-corrected chi connectivity index (χ3v) is 7.28. The van der Waals surface area contributed by atoms with Gasteiger partial charge in [-0.25, -0.2) is 4.98 Å². The fraction of sp³-hybridized carbons (Fsp3) is 0.346. The molecule has 3 aromatic rings. The number of amides is 2. The first-order valence-corrected chi connectivity index (χ1v) is 12.5. The molecule has 0 saturated carbocycles. The highest BCUT2D eigenvalue weighted by molar-refractivity contribution is 7.15. The predicted molar refractivity (Wildman–Crippen MR) is 132 cm³/mol. The number of fused-ring (bicyclic) bond motifs is 1. The van der Waals surface area contributed by atoms with Crippen LogP contribution < -0.4 is 5.32 Å². The number of hydrogen-bond acceptors (Lipinski definition) is 6. The van der Waals surface area contributed by atoms with Crippen molar-refractivity contribution < 1.29 is 14.3 Å². The van der Waals surface area contributed by atoms with E-state index in [0.717, 1.165) is 61.7 Å². The van der Waals surface area contributed by atoms with Gasteiger partial charge in [-0.1, -0.05) is 48.5 Å². The smallest absolute Gasteiger partial charge is 0.255 e. The number of hydrogen-bond donors (Lipinski definition) is 1. The topological polar surface area (TPSA) is 74.8 Å². The van der Waals surface area contributed by atoms with E-state index in [4.69, 9.17) is 4.74 Å². The number of aromatic nitrogens is 1. The molecule has 8 heteroatoms. The monoisotopic (exact) mass is 476 g/mol. The van der Waals surface area contributed by atoms with Crippen LogP contribution >= 0.6 is 11.3 Å². The summed E-state index contributed by atoms with van der Waals surface area (Å²) in [5, 5.41) is 3.54. The van der Waals surface area contributed by atoms with Crippen LogP contribution in [0.4, 0.5) is 5.13 Å². The lowest BCUT2D eigenvalue weighted by atomic mass is 10.0. The largest absolute Gasteiger partial charge is 0.379 e. The minimum atomic E-state index is -0.727. The molecule has 0 radical (unpaired) electrons. The first kappa shape index (κ1) is 22.7. The Labute approximate surface area is 203 Å². The van der Waals surface area contributed by atoms with Crippen molar-refractivity contribution >= 4 is 28.3 Å². The van der Waals surface area contributed by atoms with Gasteiger partial charge >= 0.3 is 0 Å². The Hall–Kier alpha value is -3.07. The van der Waals surface area contributed by atoms with Gasteiger partial charge in [-0.15, -0.1) is 11.3 Å². The lowest BCUT2D eigenvalue weighted by Gasteiger charge is -2.27. The van der Waals surface area contributed by atoms with Gasteiger partial charge in [0.2, 0.25) is 0 Å². The van der Waals surface area contributed by atoms with E-state index < -0.39 is 6.04 Å². The van der Waals surface area contributed by atoms with E-state index in [2.05, 4.69) is 15.2 Å². The molecule has 2 aromatic carbocycles. The number of carbonyl (C=O) groups excluding carboxylic acids is 2. The van der Waals surface area contributed by atoms with E-state index in [0.29, 0.717) is 17.2 Å². The van der Waals surface area contributed by atoms with Crippen molar-refractivity contribution in [3.8, 4) is 0 Å². The van der Waals surface area contributed by atoms with E-state index in [1.165, 1.54) is 11.3 Å². The molecule has 3 heterocycles. The van der Waals surface area contributed by atoms with Crippen LogP contribution in [0.25, 0.3) is 0 Å². The fourth-order valence-corrected chi connectivity index (χ4v) is 5.41. The third kappa shape index (κ3) is 5.04. The summed E-state index contributed by atoms with van der Waals surface area (Å²) in [6, 6.07) is 16.3. The first-order chi connectivity index (χ1) is 16.7. The SMILES string of the molecule is O=C(Nc1ncc(CCCN2CCOCC2)s1)C(c1ccccc1)N1Cc2ccccc2C1=O. The summed E-state index contributed by atoms with van der Waals surface area (Å²) in [6.45, 7) is 5.05. The molecule has 2 aliphatic rings. The number of ether oxygens (including phenoxy) is 1. The summed E-state index contributed by atoms with van der Waals surface area (Å²) in [6.07, 6.45) is 3.81. The van der Waals surface area contributed by atoms with Crippen molar-refractivity contribution in [3.63, 3.8) is 0 Å². The van der Waals surface area contributed by atoms with Gasteiger partial charge < -0.3 is 9.64 Å². The zero-order valence-electron chi connectivity index (χ0n) is 19.0. The van der Waals surface area contributed by atoms with Crippen molar-refractivity contribution in [3.05, 3.63) is 82.4 Å². The molecule has 176 valence electrons. The average molecular weight is 477 g/mol. The molecule has 1 unspecified atom stereocenters. The minimum absolute atomic E-state index is 0.123. The highest BCUT2D eigenvalue weighted by Gasteiger charge is 2.37. The number of anilines is 1. The van der Waals surface area contributed by atoms with Crippen LogP contribution in [0, 0.1) is 0 Å². The maximum absolute atomic E-state index is 13.5. The summed E-state index contributed by atoms with van der Waals surface area (Å²) >= 11 is 1.50. The summed E-state index contributed by atoms with van der Waals surface area (Å²) in [5.74, 6) is -0.371. The number of rotatable bonds is 8. The Kier molecular flexibility index (Phi) is 6.99. The summed E-state index contributed by atoms with van der Waals surface area (Å²) in [5.41, 5.74) is 2.38. The van der Waals surface area contributed by atoms with Gasteiger partial charge in [0, 0.05) is 36.3 Å². The molecule has 0 aliphatic carbocycles. The highest BCUT2D eigenvalue weighted by atomic mass is 32.1. The van der Waals surface area contributed by atoms with Crippen LogP contribution in [0.15, 0.2) is 60.8 Å². The Bertz CT molecular complexity index is 1140. The number of thiazole rings is 1. The fourth-order valence-electron chi connectivity index (χ4n) is 4.55. The number of carbonyl (C=O) groups is 2. The maximum Gasteiger partial charge on any atom is 0.255 e. The minimum Gasteiger partial charge on any atom is -0.379 e. The highest BCUT2D eigenvalue weighted by Crippen LogP contribution is 2.32. The Morgan fingerprint density at radius 1 is 1.09 bits per heavy atom. The van der Waals surface area contributed by atoms with Gasteiger partial charge in [0.15, 0.2) is 5.13 Å². The van der Waals surface area contributed by atoms with E-state index in [-0.39, 0.29) is 11.8 Å². The summed E-state index contributed by atoms with van der Waals surface area (Å²) in [4.78, 5) is 36.3. The van der Waals surface area contributed by atoms with E-state index in [9.17, 15) is 9.59 Å². The van der Waals surface area contributed by atoms with E-state index in [1.807, 2.05) is 60.8 Å². The van der Waals surface area contributed by atoms with Crippen LogP contribution in [0.2, 0.25) is 0 Å². The van der Waals surface area contributed by atoms with Crippen molar-refractivity contribution in [1.29, 1.82) is 0 Å². The van der Waals surface area contributed by atoms with Crippen molar-refractivity contribution in [1.82, 2.24) is 14.8 Å². The zero-order chi connectivity index (χ0) is 23.3. The molecular weight excluding hydrogens is 448 g/mol. The van der Waals surface area contributed by atoms with Crippen molar-refractivity contribution in [2.75, 3.05) is 38.2 Å². The third-order valence-electron chi connectivity index (χ3n) is 6.31. The molecule has 2 aliphatic heterocycles.